The maximum atomic E-state index is 11.8. The molecule has 0 aromatic carbocycles. The summed E-state index contributed by atoms with van der Waals surface area (Å²) in [7, 11) is 0. The van der Waals surface area contributed by atoms with E-state index in [0.29, 0.717) is 0 Å². The molecule has 0 bridgehead atoms. The third kappa shape index (κ3) is 2.01. The van der Waals surface area contributed by atoms with Crippen LogP contribution in [0.3, 0.4) is 0 Å². The lowest BCUT2D eigenvalue weighted by Gasteiger charge is -2.01. The van der Waals surface area contributed by atoms with Gasteiger partial charge in [-0.2, -0.15) is 0 Å². The first-order valence-corrected chi connectivity index (χ1v) is 2.79. The van der Waals surface area contributed by atoms with E-state index in [4.69, 9.17) is 5.73 Å². The molecule has 1 rings (SSSR count). The predicted octanol–water partition coefficient (Wildman–Crippen LogP) is 1.41. The first-order chi connectivity index (χ1) is 4.34. The normalized spacial score (nSPS) is 12.2. The van der Waals surface area contributed by atoms with E-state index in [1.54, 1.807) is 18.3 Å². The molecule has 0 aliphatic rings. The Bertz CT molecular complexity index is 164. The van der Waals surface area contributed by atoms with E-state index in [9.17, 15) is 4.39 Å². The summed E-state index contributed by atoms with van der Waals surface area (Å²) >= 11 is 0. The molecule has 1 heterocycles. The fraction of sp³-hybridized carbons (Fsp3) is 0.333. The molecule has 0 saturated heterocycles. The van der Waals surface area contributed by atoms with Crippen molar-refractivity contribution in [3.05, 3.63) is 24.0 Å². The second-order valence-corrected chi connectivity index (χ2v) is 1.89. The van der Waals surface area contributed by atoms with Gasteiger partial charge in [-0.3, -0.25) is 0 Å². The largest absolute Gasteiger partial charge is 0.364 e. The van der Waals surface area contributed by atoms with Crippen LogP contribution in [0, 0.1) is 0 Å². The average molecular weight is 165 g/mol. The molecule has 58 valence electrons. The van der Waals surface area contributed by atoms with Crippen molar-refractivity contribution in [1.82, 2.24) is 4.98 Å². The number of nitrogens with one attached hydrogen (secondary N) is 1. The highest BCUT2D eigenvalue weighted by Gasteiger charge is 2.03. The zero-order chi connectivity index (χ0) is 6.69. The lowest BCUT2D eigenvalue weighted by Crippen LogP contribution is -2.12. The molecular formula is C6H10ClFN2. The zero-order valence-electron chi connectivity index (χ0n) is 5.38. The lowest BCUT2D eigenvalue weighted by atomic mass is 10.2. The molecule has 0 unspecified atom stereocenters. The van der Waals surface area contributed by atoms with Crippen LogP contribution in [-0.4, -0.2) is 11.7 Å². The molecule has 0 spiro atoms. The summed E-state index contributed by atoms with van der Waals surface area (Å²) in [6.07, 6.45) is 1.73. The third-order valence-corrected chi connectivity index (χ3v) is 1.19. The SMILES string of the molecule is Cl.N[C@H](CF)c1ccc[nH]1. The first-order valence-electron chi connectivity index (χ1n) is 2.79. The summed E-state index contributed by atoms with van der Waals surface area (Å²) < 4.78 is 11.8. The van der Waals surface area contributed by atoms with Gasteiger partial charge in [-0.15, -0.1) is 12.4 Å². The number of aromatic nitrogens is 1. The molecule has 0 radical (unpaired) electrons. The summed E-state index contributed by atoms with van der Waals surface area (Å²) in [6, 6.07) is 3.08. The second kappa shape index (κ2) is 4.30. The zero-order valence-corrected chi connectivity index (χ0v) is 6.20. The van der Waals surface area contributed by atoms with Gasteiger partial charge >= 0.3 is 0 Å². The van der Waals surface area contributed by atoms with Crippen LogP contribution in [-0.2, 0) is 0 Å². The van der Waals surface area contributed by atoms with Crippen LogP contribution < -0.4 is 5.73 Å². The highest BCUT2D eigenvalue weighted by Crippen LogP contribution is 2.05. The number of hydrogen-bond acceptors (Lipinski definition) is 1. The fourth-order valence-corrected chi connectivity index (χ4v) is 0.658. The van der Waals surface area contributed by atoms with Gasteiger partial charge in [-0.25, -0.2) is 4.39 Å². The van der Waals surface area contributed by atoms with Crippen molar-refractivity contribution >= 4 is 12.4 Å². The Balaban J connectivity index is 0.000000810. The molecule has 1 aromatic heterocycles. The first kappa shape index (κ1) is 9.46. The van der Waals surface area contributed by atoms with Crippen molar-refractivity contribution in [3.8, 4) is 0 Å². The van der Waals surface area contributed by atoms with Crippen LogP contribution in [0.2, 0.25) is 0 Å². The van der Waals surface area contributed by atoms with Gasteiger partial charge in [0.2, 0.25) is 0 Å². The molecular weight excluding hydrogens is 155 g/mol. The molecule has 0 aliphatic heterocycles. The van der Waals surface area contributed by atoms with Crippen molar-refractivity contribution < 1.29 is 4.39 Å². The Morgan fingerprint density at radius 3 is 2.80 bits per heavy atom. The van der Waals surface area contributed by atoms with Gasteiger partial charge < -0.3 is 10.7 Å². The fourth-order valence-electron chi connectivity index (χ4n) is 0.658. The Morgan fingerprint density at radius 1 is 1.70 bits per heavy atom. The quantitative estimate of drug-likeness (QED) is 0.682. The molecule has 0 amide bonds. The Morgan fingerprint density at radius 2 is 2.40 bits per heavy atom. The van der Waals surface area contributed by atoms with Crippen LogP contribution in [0.25, 0.3) is 0 Å². The summed E-state index contributed by atoms with van der Waals surface area (Å²) in [6.45, 7) is -0.513. The molecule has 4 heteroatoms. The van der Waals surface area contributed by atoms with Gasteiger partial charge in [0.15, 0.2) is 0 Å². The van der Waals surface area contributed by atoms with Crippen molar-refractivity contribution in [3.63, 3.8) is 0 Å². The Labute approximate surface area is 65.0 Å². The lowest BCUT2D eigenvalue weighted by molar-refractivity contribution is 0.433. The number of H-pyrrole nitrogens is 1. The van der Waals surface area contributed by atoms with E-state index in [0.717, 1.165) is 5.69 Å². The van der Waals surface area contributed by atoms with Crippen LogP contribution >= 0.6 is 12.4 Å². The summed E-state index contributed by atoms with van der Waals surface area (Å²) in [5.41, 5.74) is 6.08. The molecule has 2 nitrogen and oxygen atoms in total. The van der Waals surface area contributed by atoms with Crippen LogP contribution in [0.5, 0.6) is 0 Å². The Kier molecular flexibility index (Phi) is 4.07. The van der Waals surface area contributed by atoms with Crippen LogP contribution in [0.1, 0.15) is 11.7 Å². The van der Waals surface area contributed by atoms with E-state index in [-0.39, 0.29) is 12.4 Å². The average Bonchev–Trinajstić information content (AvgIpc) is 2.37. The van der Waals surface area contributed by atoms with Crippen LogP contribution in [0.15, 0.2) is 18.3 Å². The molecule has 10 heavy (non-hydrogen) atoms. The monoisotopic (exact) mass is 164 g/mol. The third-order valence-electron chi connectivity index (χ3n) is 1.19. The van der Waals surface area contributed by atoms with Crippen molar-refractivity contribution in [2.45, 2.75) is 6.04 Å². The number of hydrogen-bond donors (Lipinski definition) is 2. The van der Waals surface area contributed by atoms with E-state index < -0.39 is 12.7 Å². The van der Waals surface area contributed by atoms with Gasteiger partial charge in [0, 0.05) is 11.9 Å². The van der Waals surface area contributed by atoms with Gasteiger partial charge in [0.1, 0.15) is 6.67 Å². The molecule has 0 fully saturated rings. The van der Waals surface area contributed by atoms with Gasteiger partial charge in [0.05, 0.1) is 6.04 Å². The number of aromatic amines is 1. The van der Waals surface area contributed by atoms with E-state index in [2.05, 4.69) is 4.98 Å². The number of nitrogens with two attached hydrogens (primary N) is 1. The Hall–Kier alpha value is -0.540. The maximum Gasteiger partial charge on any atom is 0.110 e. The molecule has 1 aromatic rings. The van der Waals surface area contributed by atoms with E-state index in [1.807, 2.05) is 0 Å². The number of alkyl halides is 1. The minimum absolute atomic E-state index is 0. The van der Waals surface area contributed by atoms with E-state index >= 15 is 0 Å². The van der Waals surface area contributed by atoms with Crippen molar-refractivity contribution in [2.75, 3.05) is 6.67 Å². The highest BCUT2D eigenvalue weighted by molar-refractivity contribution is 5.85. The summed E-state index contributed by atoms with van der Waals surface area (Å²) in [5.74, 6) is 0. The van der Waals surface area contributed by atoms with Gasteiger partial charge in [-0.05, 0) is 12.1 Å². The standard InChI is InChI=1S/C6H9FN2.ClH/c7-4-5(8)6-2-1-3-9-6;/h1-3,5,9H,4,8H2;1H/t5-;/m1./s1. The summed E-state index contributed by atoms with van der Waals surface area (Å²) in [4.78, 5) is 2.82. The maximum absolute atomic E-state index is 11.8. The van der Waals surface area contributed by atoms with Crippen molar-refractivity contribution in [2.24, 2.45) is 5.73 Å². The molecule has 0 saturated carbocycles. The van der Waals surface area contributed by atoms with Crippen molar-refractivity contribution in [1.29, 1.82) is 0 Å². The molecule has 0 aliphatic carbocycles. The smallest absolute Gasteiger partial charge is 0.110 e. The topological polar surface area (TPSA) is 41.8 Å². The highest BCUT2D eigenvalue weighted by atomic mass is 35.5. The second-order valence-electron chi connectivity index (χ2n) is 1.89. The summed E-state index contributed by atoms with van der Waals surface area (Å²) in [5, 5.41) is 0. The number of rotatable bonds is 2. The minimum Gasteiger partial charge on any atom is -0.364 e. The number of halogens is 2. The van der Waals surface area contributed by atoms with Gasteiger partial charge in [0.25, 0.3) is 0 Å². The molecule has 3 N–H and O–H groups in total. The van der Waals surface area contributed by atoms with Crippen LogP contribution in [0.4, 0.5) is 4.39 Å². The molecule has 1 atom stereocenters. The van der Waals surface area contributed by atoms with E-state index in [1.165, 1.54) is 0 Å². The predicted molar refractivity (Wildman–Crippen MR) is 40.9 cm³/mol. The minimum atomic E-state index is -0.513. The van der Waals surface area contributed by atoms with Gasteiger partial charge in [-0.1, -0.05) is 0 Å².